The zero-order valence-electron chi connectivity index (χ0n) is 12.6. The molecular formula is C16H16F3NO4. The van der Waals surface area contributed by atoms with Crippen LogP contribution in [0.5, 0.6) is 5.75 Å². The smallest absolute Gasteiger partial charge is 0.391 e. The lowest BCUT2D eigenvalue weighted by Gasteiger charge is -2.27. The highest BCUT2D eigenvalue weighted by atomic mass is 19.4. The molecule has 1 spiro atoms. The Bertz CT molecular complexity index is 676. The molecular weight excluding hydrogens is 327 g/mol. The van der Waals surface area contributed by atoms with Crippen molar-refractivity contribution in [3.8, 4) is 5.75 Å². The number of ether oxygens (including phenoxy) is 1. The first kappa shape index (κ1) is 16.6. The number of aliphatic carboxylic acids is 1. The van der Waals surface area contributed by atoms with Gasteiger partial charge in [0.05, 0.1) is 13.0 Å². The van der Waals surface area contributed by atoms with Crippen LogP contribution in [0.3, 0.4) is 0 Å². The molecule has 24 heavy (non-hydrogen) atoms. The lowest BCUT2D eigenvalue weighted by molar-refractivity contribution is -0.160. The Morgan fingerprint density at radius 2 is 2.08 bits per heavy atom. The summed E-state index contributed by atoms with van der Waals surface area (Å²) in [7, 11) is 0. The maximum atomic E-state index is 12.4. The normalized spacial score (nSPS) is 26.2. The van der Waals surface area contributed by atoms with Crippen LogP contribution in [0.2, 0.25) is 0 Å². The summed E-state index contributed by atoms with van der Waals surface area (Å²) in [5.74, 6) is -2.20. The molecule has 8 heteroatoms. The van der Waals surface area contributed by atoms with Crippen LogP contribution in [0, 0.1) is 5.92 Å². The number of carboxylic acids is 1. The minimum absolute atomic E-state index is 0.422. The Balaban J connectivity index is 1.73. The number of carbonyl (C=O) groups is 2. The Morgan fingerprint density at radius 1 is 1.38 bits per heavy atom. The van der Waals surface area contributed by atoms with Crippen molar-refractivity contribution in [2.24, 2.45) is 5.92 Å². The van der Waals surface area contributed by atoms with Crippen LogP contribution < -0.4 is 10.1 Å². The average molecular weight is 343 g/mol. The number of hydrogen-bond acceptors (Lipinski definition) is 3. The highest BCUT2D eigenvalue weighted by Crippen LogP contribution is 2.60. The largest absolute Gasteiger partial charge is 0.493 e. The van der Waals surface area contributed by atoms with Crippen LogP contribution >= 0.6 is 0 Å². The first-order valence-electron chi connectivity index (χ1n) is 7.55. The number of hydrogen-bond donors (Lipinski definition) is 2. The minimum Gasteiger partial charge on any atom is -0.493 e. The van der Waals surface area contributed by atoms with E-state index in [9.17, 15) is 22.8 Å². The summed E-state index contributed by atoms with van der Waals surface area (Å²) in [6, 6.07) is 5.27. The molecule has 0 bridgehead atoms. The SMILES string of the molecule is O=C(O)C(CC(F)(F)F)NC(=O)[C@@H]1C[C@]12CCOc1ccccc12. The Kier molecular flexibility index (Phi) is 3.93. The van der Waals surface area contributed by atoms with Crippen LogP contribution in [0.15, 0.2) is 24.3 Å². The predicted octanol–water partition coefficient (Wildman–Crippen LogP) is 2.25. The molecule has 0 saturated heterocycles. The molecule has 5 nitrogen and oxygen atoms in total. The summed E-state index contributed by atoms with van der Waals surface area (Å²) >= 11 is 0. The molecule has 0 radical (unpaired) electrons. The summed E-state index contributed by atoms with van der Waals surface area (Å²) < 4.78 is 42.9. The van der Waals surface area contributed by atoms with Crippen LogP contribution in [-0.2, 0) is 15.0 Å². The third-order valence-electron chi connectivity index (χ3n) is 4.67. The molecule has 1 aliphatic carbocycles. The van der Waals surface area contributed by atoms with Gasteiger partial charge in [-0.05, 0) is 18.9 Å². The van der Waals surface area contributed by atoms with E-state index in [1.165, 1.54) is 0 Å². The molecule has 2 aliphatic rings. The molecule has 2 N–H and O–H groups in total. The molecule has 1 aromatic rings. The highest BCUT2D eigenvalue weighted by Gasteiger charge is 2.61. The van der Waals surface area contributed by atoms with Crippen LogP contribution in [-0.4, -0.2) is 35.8 Å². The first-order chi connectivity index (χ1) is 11.2. The van der Waals surface area contributed by atoms with Crippen LogP contribution in [0.1, 0.15) is 24.8 Å². The molecule has 130 valence electrons. The van der Waals surface area contributed by atoms with Gasteiger partial charge in [0.15, 0.2) is 0 Å². The fraction of sp³-hybridized carbons (Fsp3) is 0.500. The molecule has 1 amide bonds. The van der Waals surface area contributed by atoms with Gasteiger partial charge in [-0.1, -0.05) is 18.2 Å². The lowest BCUT2D eigenvalue weighted by Crippen LogP contribution is -2.45. The first-order valence-corrected chi connectivity index (χ1v) is 7.55. The minimum atomic E-state index is -4.66. The second-order valence-electron chi connectivity index (χ2n) is 6.23. The maximum absolute atomic E-state index is 12.4. The second-order valence-corrected chi connectivity index (χ2v) is 6.23. The molecule has 1 saturated carbocycles. The maximum Gasteiger partial charge on any atom is 0.391 e. The standard InChI is InChI=1S/C16H16F3NO4/c17-16(18,19)8-11(14(22)23)20-13(21)10-7-15(10)5-6-24-12-4-2-1-3-9(12)15/h1-4,10-11H,5-8H2,(H,20,21)(H,22,23)/t10-,11?,15-/m0/s1. The number of nitrogens with one attached hydrogen (secondary N) is 1. The molecule has 3 atom stereocenters. The van der Waals surface area contributed by atoms with Crippen LogP contribution in [0.4, 0.5) is 13.2 Å². The van der Waals surface area contributed by atoms with E-state index in [-0.39, 0.29) is 0 Å². The van der Waals surface area contributed by atoms with Crippen molar-refractivity contribution in [2.75, 3.05) is 6.61 Å². The zero-order chi connectivity index (χ0) is 17.5. The molecule has 1 heterocycles. The van der Waals surface area contributed by atoms with Crippen LogP contribution in [0.25, 0.3) is 0 Å². The van der Waals surface area contributed by atoms with Crippen molar-refractivity contribution in [3.05, 3.63) is 29.8 Å². The van der Waals surface area contributed by atoms with Gasteiger partial charge in [0, 0.05) is 16.9 Å². The van der Waals surface area contributed by atoms with Gasteiger partial charge in [-0.15, -0.1) is 0 Å². The zero-order valence-corrected chi connectivity index (χ0v) is 12.6. The monoisotopic (exact) mass is 343 g/mol. The fourth-order valence-electron chi connectivity index (χ4n) is 3.41. The predicted molar refractivity (Wildman–Crippen MR) is 76.6 cm³/mol. The molecule has 1 aliphatic heterocycles. The number of benzene rings is 1. The number of halogens is 3. The lowest BCUT2D eigenvalue weighted by atomic mass is 9.87. The van der Waals surface area contributed by atoms with Gasteiger partial charge in [-0.2, -0.15) is 13.2 Å². The molecule has 0 aromatic heterocycles. The average Bonchev–Trinajstić information content (AvgIpc) is 3.21. The third-order valence-corrected chi connectivity index (χ3v) is 4.67. The number of alkyl halides is 3. The van der Waals surface area contributed by atoms with Crippen molar-refractivity contribution in [2.45, 2.75) is 36.9 Å². The molecule has 1 fully saturated rings. The topological polar surface area (TPSA) is 75.6 Å². The summed E-state index contributed by atoms with van der Waals surface area (Å²) in [6.45, 7) is 0.422. The number of para-hydroxylation sites is 1. The van der Waals surface area contributed by atoms with Gasteiger partial charge in [0.2, 0.25) is 5.91 Å². The van der Waals surface area contributed by atoms with E-state index < -0.39 is 41.8 Å². The summed E-state index contributed by atoms with van der Waals surface area (Å²) in [5, 5.41) is 11.0. The summed E-state index contributed by atoms with van der Waals surface area (Å²) in [6.07, 6.45) is -5.19. The van der Waals surface area contributed by atoms with Gasteiger partial charge in [-0.3, -0.25) is 4.79 Å². The van der Waals surface area contributed by atoms with E-state index in [2.05, 4.69) is 0 Å². The van der Waals surface area contributed by atoms with Gasteiger partial charge in [0.1, 0.15) is 11.8 Å². The Hall–Kier alpha value is -2.25. The van der Waals surface area contributed by atoms with E-state index in [0.29, 0.717) is 25.2 Å². The van der Waals surface area contributed by atoms with Gasteiger partial charge >= 0.3 is 12.1 Å². The van der Waals surface area contributed by atoms with Crippen molar-refractivity contribution in [1.29, 1.82) is 0 Å². The summed E-state index contributed by atoms with van der Waals surface area (Å²) in [5.41, 5.74) is 0.402. The van der Waals surface area contributed by atoms with Crippen molar-refractivity contribution < 1.29 is 32.6 Å². The summed E-state index contributed by atoms with van der Waals surface area (Å²) in [4.78, 5) is 23.3. The number of fused-ring (bicyclic) bond motifs is 2. The quantitative estimate of drug-likeness (QED) is 0.879. The van der Waals surface area contributed by atoms with E-state index in [1.807, 2.05) is 17.4 Å². The number of rotatable bonds is 4. The van der Waals surface area contributed by atoms with Crippen molar-refractivity contribution >= 4 is 11.9 Å². The molecule has 3 rings (SSSR count). The molecule has 1 aromatic carbocycles. The van der Waals surface area contributed by atoms with E-state index >= 15 is 0 Å². The van der Waals surface area contributed by atoms with E-state index in [0.717, 1.165) is 5.56 Å². The fourth-order valence-corrected chi connectivity index (χ4v) is 3.41. The van der Waals surface area contributed by atoms with Crippen molar-refractivity contribution in [1.82, 2.24) is 5.32 Å². The molecule has 1 unspecified atom stereocenters. The highest BCUT2D eigenvalue weighted by molar-refractivity contribution is 5.88. The number of amides is 1. The Labute approximate surface area is 135 Å². The Morgan fingerprint density at radius 3 is 2.75 bits per heavy atom. The third kappa shape index (κ3) is 3.05. The number of carbonyl (C=O) groups excluding carboxylic acids is 1. The second kappa shape index (κ2) is 5.68. The van der Waals surface area contributed by atoms with E-state index in [4.69, 9.17) is 9.84 Å². The van der Waals surface area contributed by atoms with Gasteiger partial charge in [-0.25, -0.2) is 4.79 Å². The van der Waals surface area contributed by atoms with Gasteiger partial charge in [0.25, 0.3) is 0 Å². The van der Waals surface area contributed by atoms with Crippen molar-refractivity contribution in [3.63, 3.8) is 0 Å². The van der Waals surface area contributed by atoms with Gasteiger partial charge < -0.3 is 15.2 Å². The number of carboxylic acid groups (broad SMARTS) is 1. The van der Waals surface area contributed by atoms with E-state index in [1.54, 1.807) is 12.1 Å².